The van der Waals surface area contributed by atoms with Crippen molar-refractivity contribution in [2.24, 2.45) is 5.41 Å². The molecule has 5 rings (SSSR count). The number of benzene rings is 1. The van der Waals surface area contributed by atoms with Gasteiger partial charge in [0.2, 0.25) is 17.6 Å². The lowest BCUT2D eigenvalue weighted by Gasteiger charge is -2.31. The van der Waals surface area contributed by atoms with E-state index in [-0.39, 0.29) is 23.3 Å². The summed E-state index contributed by atoms with van der Waals surface area (Å²) in [5.74, 6) is 1.60. The number of hydrogen-bond donors (Lipinski definition) is 0. The maximum absolute atomic E-state index is 13.1. The molecule has 0 bridgehead atoms. The Morgan fingerprint density at radius 1 is 1.32 bits per heavy atom. The molecule has 0 N–H and O–H groups in total. The van der Waals surface area contributed by atoms with Gasteiger partial charge in [-0.25, -0.2) is 4.39 Å². The zero-order valence-electron chi connectivity index (χ0n) is 18.1. The van der Waals surface area contributed by atoms with Gasteiger partial charge in [0.25, 0.3) is 0 Å². The number of nitrogens with zero attached hydrogens (tertiary/aromatic N) is 5. The van der Waals surface area contributed by atoms with Gasteiger partial charge in [0.05, 0.1) is 17.8 Å². The number of piperidine rings is 1. The molecule has 1 amide bonds. The Kier molecular flexibility index (Phi) is 5.02. The summed E-state index contributed by atoms with van der Waals surface area (Å²) < 4.78 is 20.4. The lowest BCUT2D eigenvalue weighted by Crippen LogP contribution is -2.38. The van der Waals surface area contributed by atoms with E-state index < -0.39 is 6.67 Å². The maximum atomic E-state index is 13.1. The summed E-state index contributed by atoms with van der Waals surface area (Å²) in [6, 6.07) is 5.48. The number of alkyl halides is 1. The van der Waals surface area contributed by atoms with Gasteiger partial charge in [0.15, 0.2) is 0 Å². The summed E-state index contributed by atoms with van der Waals surface area (Å²) in [6.07, 6.45) is 6.42. The molecule has 2 aromatic heterocycles. The minimum Gasteiger partial charge on any atom is -0.343 e. The second kappa shape index (κ2) is 7.73. The van der Waals surface area contributed by atoms with Crippen LogP contribution in [-0.2, 0) is 4.79 Å². The molecule has 0 spiro atoms. The van der Waals surface area contributed by atoms with E-state index in [1.807, 2.05) is 23.1 Å². The Morgan fingerprint density at radius 2 is 2.10 bits per heavy atom. The van der Waals surface area contributed by atoms with Crippen LogP contribution >= 0.6 is 0 Å². The fourth-order valence-electron chi connectivity index (χ4n) is 4.35. The van der Waals surface area contributed by atoms with Gasteiger partial charge >= 0.3 is 0 Å². The van der Waals surface area contributed by atoms with Crippen molar-refractivity contribution >= 4 is 16.8 Å². The normalized spacial score (nSPS) is 19.6. The third kappa shape index (κ3) is 3.95. The van der Waals surface area contributed by atoms with Gasteiger partial charge < -0.3 is 9.42 Å². The van der Waals surface area contributed by atoms with Crippen molar-refractivity contribution in [3.05, 3.63) is 30.3 Å². The van der Waals surface area contributed by atoms with Crippen molar-refractivity contribution < 1.29 is 13.7 Å². The fourth-order valence-corrected chi connectivity index (χ4v) is 4.35. The Labute approximate surface area is 180 Å². The van der Waals surface area contributed by atoms with Crippen LogP contribution in [0.25, 0.3) is 22.3 Å². The summed E-state index contributed by atoms with van der Waals surface area (Å²) in [7, 11) is 0. The Balaban J connectivity index is 1.28. The lowest BCUT2D eigenvalue weighted by molar-refractivity contribution is -0.133. The summed E-state index contributed by atoms with van der Waals surface area (Å²) in [6.45, 7) is 4.99. The molecule has 1 atom stereocenters. The van der Waals surface area contributed by atoms with Gasteiger partial charge in [0, 0.05) is 36.4 Å². The molecule has 1 aliphatic carbocycles. The number of carbonyl (C=O) groups is 1. The minimum atomic E-state index is -0.478. The van der Waals surface area contributed by atoms with E-state index in [4.69, 9.17) is 4.52 Å². The minimum absolute atomic E-state index is 0.169. The smallest absolute Gasteiger partial charge is 0.230 e. The molecule has 164 valence electrons. The summed E-state index contributed by atoms with van der Waals surface area (Å²) >= 11 is 0. The van der Waals surface area contributed by atoms with Crippen molar-refractivity contribution in [2.45, 2.75) is 57.9 Å². The number of carbonyl (C=O) groups excluding carboxylic acids is 1. The predicted octanol–water partition coefficient (Wildman–Crippen LogP) is 4.51. The molecule has 1 aliphatic heterocycles. The molecule has 2 fully saturated rings. The topological polar surface area (TPSA) is 77.0 Å². The second-order valence-electron chi connectivity index (χ2n) is 9.46. The number of likely N-dealkylation sites (tertiary alicyclic amines) is 1. The lowest BCUT2D eigenvalue weighted by atomic mass is 9.95. The van der Waals surface area contributed by atoms with Crippen LogP contribution in [0.5, 0.6) is 0 Å². The molecule has 3 aromatic rings. The van der Waals surface area contributed by atoms with Crippen molar-refractivity contribution in [1.29, 1.82) is 0 Å². The molecule has 2 aliphatic rings. The van der Waals surface area contributed by atoms with Crippen LogP contribution in [0.2, 0.25) is 0 Å². The molecular weight excluding hydrogens is 397 g/mol. The maximum Gasteiger partial charge on any atom is 0.230 e. The van der Waals surface area contributed by atoms with Crippen molar-refractivity contribution in [2.75, 3.05) is 19.8 Å². The van der Waals surface area contributed by atoms with E-state index in [0.717, 1.165) is 42.4 Å². The van der Waals surface area contributed by atoms with E-state index in [1.165, 1.54) is 12.8 Å². The average molecular weight is 426 g/mol. The molecule has 1 saturated carbocycles. The monoisotopic (exact) mass is 425 g/mol. The van der Waals surface area contributed by atoms with Crippen LogP contribution in [-0.4, -0.2) is 50.5 Å². The first-order chi connectivity index (χ1) is 15.0. The highest BCUT2D eigenvalue weighted by molar-refractivity contribution is 5.83. The van der Waals surface area contributed by atoms with Crippen LogP contribution in [0, 0.1) is 5.41 Å². The Bertz CT molecular complexity index is 1090. The molecule has 3 heterocycles. The number of aromatic nitrogens is 4. The molecule has 1 aromatic carbocycles. The molecule has 1 unspecified atom stereocenters. The summed E-state index contributed by atoms with van der Waals surface area (Å²) in [5.41, 5.74) is 1.92. The highest BCUT2D eigenvalue weighted by Crippen LogP contribution is 2.48. The zero-order chi connectivity index (χ0) is 21.6. The van der Waals surface area contributed by atoms with Gasteiger partial charge in [-0.3, -0.25) is 9.48 Å². The Morgan fingerprint density at radius 3 is 2.81 bits per heavy atom. The molecule has 7 nitrogen and oxygen atoms in total. The van der Waals surface area contributed by atoms with E-state index >= 15 is 0 Å². The van der Waals surface area contributed by atoms with E-state index in [9.17, 15) is 9.18 Å². The molecule has 8 heteroatoms. The molecule has 31 heavy (non-hydrogen) atoms. The van der Waals surface area contributed by atoms with Gasteiger partial charge in [0.1, 0.15) is 6.67 Å². The van der Waals surface area contributed by atoms with Crippen LogP contribution in [0.3, 0.4) is 0 Å². The van der Waals surface area contributed by atoms with E-state index in [2.05, 4.69) is 22.2 Å². The fraction of sp³-hybridized carbons (Fsp3) is 0.565. The SMILES string of the molecule is CC(CF)n1ncc2ccc(-c3noc(C4CCN(C(=O)CC5(C)CC5)CC4)n3)cc21. The largest absolute Gasteiger partial charge is 0.343 e. The summed E-state index contributed by atoms with van der Waals surface area (Å²) in [4.78, 5) is 19.1. The average Bonchev–Trinajstić information content (AvgIpc) is 3.19. The number of rotatable bonds is 6. The van der Waals surface area contributed by atoms with Gasteiger partial charge in [-0.05, 0) is 44.1 Å². The van der Waals surface area contributed by atoms with Crippen LogP contribution in [0.4, 0.5) is 4.39 Å². The highest BCUT2D eigenvalue weighted by Gasteiger charge is 2.40. The summed E-state index contributed by atoms with van der Waals surface area (Å²) in [5, 5.41) is 9.44. The third-order valence-electron chi connectivity index (χ3n) is 6.82. The number of fused-ring (bicyclic) bond motifs is 1. The van der Waals surface area contributed by atoms with Gasteiger partial charge in [-0.2, -0.15) is 10.1 Å². The molecular formula is C23H28FN5O2. The molecule has 0 radical (unpaired) electrons. The third-order valence-corrected chi connectivity index (χ3v) is 6.82. The van der Waals surface area contributed by atoms with Crippen LogP contribution in [0.1, 0.15) is 63.8 Å². The number of amides is 1. The first-order valence-electron chi connectivity index (χ1n) is 11.1. The van der Waals surface area contributed by atoms with E-state index in [1.54, 1.807) is 17.8 Å². The second-order valence-corrected chi connectivity index (χ2v) is 9.46. The van der Waals surface area contributed by atoms with Gasteiger partial charge in [-0.15, -0.1) is 0 Å². The first-order valence-corrected chi connectivity index (χ1v) is 11.1. The van der Waals surface area contributed by atoms with Crippen LogP contribution < -0.4 is 0 Å². The quantitative estimate of drug-likeness (QED) is 0.581. The predicted molar refractivity (Wildman–Crippen MR) is 114 cm³/mol. The Hall–Kier alpha value is -2.77. The van der Waals surface area contributed by atoms with Crippen molar-refractivity contribution in [1.82, 2.24) is 24.8 Å². The zero-order valence-corrected chi connectivity index (χ0v) is 18.1. The standard InChI is InChI=1S/C23H28FN5O2/c1-15(13-24)29-19-11-17(3-4-18(19)14-25-29)21-26-22(31-27-21)16-5-9-28(10-6-16)20(30)12-23(2)7-8-23/h3-4,11,14-16H,5-10,12-13H2,1-2H3. The van der Waals surface area contributed by atoms with E-state index in [0.29, 0.717) is 18.1 Å². The highest BCUT2D eigenvalue weighted by atomic mass is 19.1. The van der Waals surface area contributed by atoms with Gasteiger partial charge in [-0.1, -0.05) is 24.2 Å². The number of hydrogen-bond acceptors (Lipinski definition) is 5. The molecule has 1 saturated heterocycles. The number of halogens is 1. The van der Waals surface area contributed by atoms with Crippen molar-refractivity contribution in [3.63, 3.8) is 0 Å². The first kappa shape index (κ1) is 20.2. The van der Waals surface area contributed by atoms with Crippen molar-refractivity contribution in [3.8, 4) is 11.4 Å². The van der Waals surface area contributed by atoms with Crippen LogP contribution in [0.15, 0.2) is 28.9 Å².